The number of rotatable bonds is 4. The summed E-state index contributed by atoms with van der Waals surface area (Å²) in [4.78, 5) is 13.1. The first kappa shape index (κ1) is 11.9. The van der Waals surface area contributed by atoms with Crippen LogP contribution in [0.15, 0.2) is 18.2 Å². The zero-order valence-corrected chi connectivity index (χ0v) is 9.74. The fourth-order valence-corrected chi connectivity index (χ4v) is 2.15. The first-order chi connectivity index (χ1) is 8.11. The Kier molecular flexibility index (Phi) is 3.28. The van der Waals surface area contributed by atoms with Crippen molar-refractivity contribution in [3.05, 3.63) is 29.6 Å². The Morgan fingerprint density at radius 1 is 1.65 bits per heavy atom. The number of likely N-dealkylation sites (N-methyl/N-ethyl adjacent to an activating group) is 1. The van der Waals surface area contributed by atoms with Gasteiger partial charge in [0.2, 0.25) is 5.91 Å². The monoisotopic (exact) mass is 237 g/mol. The number of anilines is 1. The molecular formula is C12H16FN3O. The van der Waals surface area contributed by atoms with Crippen molar-refractivity contribution >= 4 is 11.6 Å². The van der Waals surface area contributed by atoms with Crippen LogP contribution in [0.4, 0.5) is 10.1 Å². The normalized spacial score (nSPS) is 15.8. The molecule has 0 aliphatic carbocycles. The number of hydrogen-bond donors (Lipinski definition) is 2. The molecule has 17 heavy (non-hydrogen) atoms. The quantitative estimate of drug-likeness (QED) is 0.790. The molecule has 2 rings (SSSR count). The standard InChI is InChI=1S/C12H16FN3O/c1-15-10(12(14)17)7-16-5-4-8-2-3-9(13)6-11(8)16/h2-3,6,10,15H,4-5,7H2,1H3,(H2,14,17). The van der Waals surface area contributed by atoms with Gasteiger partial charge in [-0.3, -0.25) is 4.79 Å². The Labute approximate surface area is 99.6 Å². The lowest BCUT2D eigenvalue weighted by molar-refractivity contribution is -0.119. The lowest BCUT2D eigenvalue weighted by Crippen LogP contribution is -2.47. The molecule has 1 unspecified atom stereocenters. The van der Waals surface area contributed by atoms with Crippen LogP contribution in [-0.4, -0.2) is 32.1 Å². The SMILES string of the molecule is CNC(CN1CCc2ccc(F)cc21)C(N)=O. The Morgan fingerprint density at radius 2 is 2.41 bits per heavy atom. The first-order valence-corrected chi connectivity index (χ1v) is 5.62. The van der Waals surface area contributed by atoms with Gasteiger partial charge in [-0.2, -0.15) is 0 Å². The summed E-state index contributed by atoms with van der Waals surface area (Å²) in [5, 5.41) is 2.86. The van der Waals surface area contributed by atoms with Gasteiger partial charge < -0.3 is 16.0 Å². The van der Waals surface area contributed by atoms with E-state index in [1.165, 1.54) is 12.1 Å². The third-order valence-electron chi connectivity index (χ3n) is 3.13. The average molecular weight is 237 g/mol. The van der Waals surface area contributed by atoms with Crippen LogP contribution in [0.5, 0.6) is 0 Å². The summed E-state index contributed by atoms with van der Waals surface area (Å²) in [6.45, 7) is 1.27. The van der Waals surface area contributed by atoms with Gasteiger partial charge in [-0.1, -0.05) is 6.07 Å². The summed E-state index contributed by atoms with van der Waals surface area (Å²) in [5.41, 5.74) is 7.26. The lowest BCUT2D eigenvalue weighted by Gasteiger charge is -2.23. The summed E-state index contributed by atoms with van der Waals surface area (Å²) in [6, 6.07) is 4.36. The van der Waals surface area contributed by atoms with Gasteiger partial charge in [0.15, 0.2) is 0 Å². The van der Waals surface area contributed by atoms with Crippen LogP contribution in [0.1, 0.15) is 5.56 Å². The minimum atomic E-state index is -0.413. The van der Waals surface area contributed by atoms with Gasteiger partial charge in [0.1, 0.15) is 11.9 Å². The molecular weight excluding hydrogens is 221 g/mol. The van der Waals surface area contributed by atoms with Gasteiger partial charge in [0, 0.05) is 18.8 Å². The van der Waals surface area contributed by atoms with Crippen molar-refractivity contribution in [3.8, 4) is 0 Å². The highest BCUT2D eigenvalue weighted by Gasteiger charge is 2.24. The molecule has 1 atom stereocenters. The summed E-state index contributed by atoms with van der Waals surface area (Å²) in [7, 11) is 1.69. The maximum atomic E-state index is 13.2. The second-order valence-electron chi connectivity index (χ2n) is 4.21. The van der Waals surface area contributed by atoms with E-state index in [2.05, 4.69) is 5.32 Å². The minimum absolute atomic E-state index is 0.254. The third kappa shape index (κ3) is 2.39. The van der Waals surface area contributed by atoms with Crippen molar-refractivity contribution in [2.24, 2.45) is 5.73 Å². The molecule has 1 amide bonds. The van der Waals surface area contributed by atoms with Crippen molar-refractivity contribution in [2.45, 2.75) is 12.5 Å². The maximum Gasteiger partial charge on any atom is 0.236 e. The molecule has 0 bridgehead atoms. The highest BCUT2D eigenvalue weighted by Crippen LogP contribution is 2.28. The topological polar surface area (TPSA) is 58.4 Å². The number of benzene rings is 1. The fraction of sp³-hybridized carbons (Fsp3) is 0.417. The summed E-state index contributed by atoms with van der Waals surface area (Å²) in [5.74, 6) is -0.645. The van der Waals surface area contributed by atoms with Crippen LogP contribution >= 0.6 is 0 Å². The maximum absolute atomic E-state index is 13.2. The van der Waals surface area contributed by atoms with Gasteiger partial charge in [0.05, 0.1) is 0 Å². The highest BCUT2D eigenvalue weighted by atomic mass is 19.1. The minimum Gasteiger partial charge on any atom is -0.369 e. The third-order valence-corrected chi connectivity index (χ3v) is 3.13. The first-order valence-electron chi connectivity index (χ1n) is 5.62. The van der Waals surface area contributed by atoms with E-state index in [4.69, 9.17) is 5.73 Å². The van der Waals surface area contributed by atoms with Gasteiger partial charge in [-0.15, -0.1) is 0 Å². The van der Waals surface area contributed by atoms with Crippen molar-refractivity contribution in [2.75, 3.05) is 25.0 Å². The van der Waals surface area contributed by atoms with E-state index in [9.17, 15) is 9.18 Å². The van der Waals surface area contributed by atoms with Crippen LogP contribution in [0.3, 0.4) is 0 Å². The number of fused-ring (bicyclic) bond motifs is 1. The van der Waals surface area contributed by atoms with Gasteiger partial charge in [-0.25, -0.2) is 4.39 Å². The van der Waals surface area contributed by atoms with E-state index in [0.717, 1.165) is 24.2 Å². The number of primary amides is 1. The van der Waals surface area contributed by atoms with Crippen molar-refractivity contribution in [3.63, 3.8) is 0 Å². The Hall–Kier alpha value is -1.62. The molecule has 1 aliphatic rings. The molecule has 1 heterocycles. The van der Waals surface area contributed by atoms with E-state index in [-0.39, 0.29) is 5.82 Å². The van der Waals surface area contributed by atoms with Crippen LogP contribution in [0.25, 0.3) is 0 Å². The van der Waals surface area contributed by atoms with E-state index in [1.54, 1.807) is 13.1 Å². The van der Waals surface area contributed by atoms with Crippen molar-refractivity contribution in [1.82, 2.24) is 5.32 Å². The van der Waals surface area contributed by atoms with E-state index in [0.29, 0.717) is 6.54 Å². The number of halogens is 1. The Balaban J connectivity index is 2.16. The molecule has 1 aromatic carbocycles. The number of amides is 1. The molecule has 0 spiro atoms. The largest absolute Gasteiger partial charge is 0.369 e. The molecule has 4 nitrogen and oxygen atoms in total. The fourth-order valence-electron chi connectivity index (χ4n) is 2.15. The van der Waals surface area contributed by atoms with Crippen molar-refractivity contribution in [1.29, 1.82) is 0 Å². The summed E-state index contributed by atoms with van der Waals surface area (Å²) in [6.07, 6.45) is 0.880. The summed E-state index contributed by atoms with van der Waals surface area (Å²) < 4.78 is 13.2. The molecule has 1 aliphatic heterocycles. The van der Waals surface area contributed by atoms with Crippen LogP contribution in [0, 0.1) is 5.82 Å². The van der Waals surface area contributed by atoms with Gasteiger partial charge in [-0.05, 0) is 31.2 Å². The molecule has 3 N–H and O–H groups in total. The predicted molar refractivity (Wildman–Crippen MR) is 64.4 cm³/mol. The smallest absolute Gasteiger partial charge is 0.236 e. The number of hydrogen-bond acceptors (Lipinski definition) is 3. The predicted octanol–water partition coefficient (Wildman–Crippen LogP) is 0.261. The molecule has 0 radical (unpaired) electrons. The number of nitrogens with zero attached hydrogens (tertiary/aromatic N) is 1. The number of carbonyl (C=O) groups is 1. The molecule has 92 valence electrons. The Bertz CT molecular complexity index is 436. The zero-order valence-electron chi connectivity index (χ0n) is 9.74. The number of nitrogens with one attached hydrogen (secondary N) is 1. The van der Waals surface area contributed by atoms with Crippen LogP contribution < -0.4 is 16.0 Å². The second kappa shape index (κ2) is 4.71. The van der Waals surface area contributed by atoms with E-state index < -0.39 is 11.9 Å². The molecule has 0 fully saturated rings. The average Bonchev–Trinajstić information content (AvgIpc) is 2.68. The van der Waals surface area contributed by atoms with Crippen LogP contribution in [-0.2, 0) is 11.2 Å². The number of carbonyl (C=O) groups excluding carboxylic acids is 1. The van der Waals surface area contributed by atoms with Crippen LogP contribution in [0.2, 0.25) is 0 Å². The molecule has 0 saturated heterocycles. The molecule has 5 heteroatoms. The van der Waals surface area contributed by atoms with Gasteiger partial charge >= 0.3 is 0 Å². The molecule has 1 aromatic rings. The summed E-state index contributed by atoms with van der Waals surface area (Å²) >= 11 is 0. The Morgan fingerprint density at radius 3 is 3.06 bits per heavy atom. The molecule has 0 aromatic heterocycles. The second-order valence-corrected chi connectivity index (χ2v) is 4.21. The van der Waals surface area contributed by atoms with E-state index in [1.807, 2.05) is 4.90 Å². The number of nitrogens with two attached hydrogens (primary N) is 1. The van der Waals surface area contributed by atoms with Gasteiger partial charge in [0.25, 0.3) is 0 Å². The van der Waals surface area contributed by atoms with Crippen molar-refractivity contribution < 1.29 is 9.18 Å². The lowest BCUT2D eigenvalue weighted by atomic mass is 10.1. The zero-order chi connectivity index (χ0) is 12.4. The highest BCUT2D eigenvalue weighted by molar-refractivity contribution is 5.80. The molecule has 0 saturated carbocycles. The van der Waals surface area contributed by atoms with E-state index >= 15 is 0 Å².